The van der Waals surface area contributed by atoms with Crippen LogP contribution in [0.25, 0.3) is 12.2 Å². The van der Waals surface area contributed by atoms with Gasteiger partial charge in [-0.2, -0.15) is 0 Å². The lowest BCUT2D eigenvalue weighted by Crippen LogP contribution is -2.24. The first-order valence-corrected chi connectivity index (χ1v) is 9.83. The summed E-state index contributed by atoms with van der Waals surface area (Å²) >= 11 is 0. The van der Waals surface area contributed by atoms with Crippen LogP contribution in [0.4, 0.5) is 0 Å². The van der Waals surface area contributed by atoms with Crippen molar-refractivity contribution in [3.63, 3.8) is 0 Å². The molecule has 1 unspecified atom stereocenters. The summed E-state index contributed by atoms with van der Waals surface area (Å²) in [4.78, 5) is 23.6. The van der Waals surface area contributed by atoms with E-state index in [1.165, 1.54) is 45.6 Å². The van der Waals surface area contributed by atoms with Crippen molar-refractivity contribution in [3.05, 3.63) is 59.7 Å². The standard InChI is InChI=1S/C24H26O9/c1-29-20-8-4-16(12-19(20)26)6-10-23(27)32-14-18(25)15-33-24(28)11-7-17-5-9-21(30-2)22(13-17)31-3/h4-13,18,25-26H,14-15H2,1-3H3. The molecule has 2 aromatic rings. The molecule has 0 fully saturated rings. The lowest BCUT2D eigenvalue weighted by molar-refractivity contribution is -0.146. The van der Waals surface area contributed by atoms with Gasteiger partial charge >= 0.3 is 11.9 Å². The molecule has 0 radical (unpaired) electrons. The number of ether oxygens (including phenoxy) is 5. The van der Waals surface area contributed by atoms with Crippen molar-refractivity contribution >= 4 is 24.1 Å². The van der Waals surface area contributed by atoms with Gasteiger partial charge in [0, 0.05) is 12.2 Å². The number of methoxy groups -OCH3 is 3. The first-order valence-electron chi connectivity index (χ1n) is 9.83. The van der Waals surface area contributed by atoms with Gasteiger partial charge in [0.05, 0.1) is 21.3 Å². The number of aromatic hydroxyl groups is 1. The molecule has 2 N–H and O–H groups in total. The Bertz CT molecular complexity index is 1010. The fraction of sp³-hybridized carbons (Fsp3) is 0.250. The van der Waals surface area contributed by atoms with Crippen LogP contribution in [0.1, 0.15) is 11.1 Å². The maximum absolute atomic E-state index is 11.8. The molecule has 9 nitrogen and oxygen atoms in total. The number of phenols is 1. The SMILES string of the molecule is COc1ccc(C=CC(=O)OCC(O)COC(=O)C=Cc2ccc(OC)c(OC)c2)cc1O. The van der Waals surface area contributed by atoms with Gasteiger partial charge in [0.2, 0.25) is 0 Å². The van der Waals surface area contributed by atoms with Crippen molar-refractivity contribution in [1.29, 1.82) is 0 Å². The number of aliphatic hydroxyl groups is 1. The van der Waals surface area contributed by atoms with Gasteiger partial charge in [-0.05, 0) is 47.5 Å². The van der Waals surface area contributed by atoms with E-state index in [0.29, 0.717) is 28.4 Å². The van der Waals surface area contributed by atoms with Crippen molar-refractivity contribution in [3.8, 4) is 23.0 Å². The predicted molar refractivity (Wildman–Crippen MR) is 120 cm³/mol. The second-order valence-corrected chi connectivity index (χ2v) is 6.63. The van der Waals surface area contributed by atoms with E-state index in [1.807, 2.05) is 0 Å². The van der Waals surface area contributed by atoms with Crippen LogP contribution in [0.3, 0.4) is 0 Å². The number of hydrogen-bond donors (Lipinski definition) is 2. The summed E-state index contributed by atoms with van der Waals surface area (Å²) in [5, 5.41) is 19.6. The van der Waals surface area contributed by atoms with Crippen molar-refractivity contribution in [2.24, 2.45) is 0 Å². The highest BCUT2D eigenvalue weighted by Gasteiger charge is 2.10. The summed E-state index contributed by atoms with van der Waals surface area (Å²) in [5.41, 5.74) is 1.25. The Balaban J connectivity index is 1.75. The third-order valence-electron chi connectivity index (χ3n) is 4.27. The molecular weight excluding hydrogens is 432 g/mol. The molecule has 0 saturated carbocycles. The third-order valence-corrected chi connectivity index (χ3v) is 4.27. The Morgan fingerprint density at radius 2 is 1.27 bits per heavy atom. The number of carbonyl (C=O) groups excluding carboxylic acids is 2. The number of benzene rings is 2. The summed E-state index contributed by atoms with van der Waals surface area (Å²) in [7, 11) is 4.46. The fourth-order valence-electron chi connectivity index (χ4n) is 2.60. The number of hydrogen-bond acceptors (Lipinski definition) is 9. The Kier molecular flexibility index (Phi) is 9.79. The molecule has 2 rings (SSSR count). The molecule has 0 aliphatic carbocycles. The minimum absolute atomic E-state index is 0.0644. The molecule has 0 amide bonds. The van der Waals surface area contributed by atoms with Crippen LogP contribution in [0.15, 0.2) is 48.6 Å². The molecule has 0 spiro atoms. The molecule has 0 aliphatic rings. The van der Waals surface area contributed by atoms with Gasteiger partial charge in [-0.3, -0.25) is 0 Å². The number of carbonyl (C=O) groups is 2. The second kappa shape index (κ2) is 12.8. The average Bonchev–Trinajstić information content (AvgIpc) is 2.83. The zero-order valence-electron chi connectivity index (χ0n) is 18.5. The van der Waals surface area contributed by atoms with Crippen LogP contribution in [-0.4, -0.2) is 62.8 Å². The summed E-state index contributed by atoms with van der Waals surface area (Å²) in [5.74, 6) is -0.0511. The third kappa shape index (κ3) is 8.23. The normalized spacial score (nSPS) is 11.9. The highest BCUT2D eigenvalue weighted by Crippen LogP contribution is 2.28. The van der Waals surface area contributed by atoms with E-state index < -0.39 is 18.0 Å². The van der Waals surface area contributed by atoms with Crippen LogP contribution in [0.5, 0.6) is 23.0 Å². The van der Waals surface area contributed by atoms with Crippen molar-refractivity contribution < 1.29 is 43.5 Å². The molecule has 1 atom stereocenters. The Labute approximate surface area is 191 Å². The van der Waals surface area contributed by atoms with E-state index in [-0.39, 0.29) is 19.0 Å². The zero-order valence-corrected chi connectivity index (χ0v) is 18.5. The summed E-state index contributed by atoms with van der Waals surface area (Å²) in [6, 6.07) is 9.75. The quantitative estimate of drug-likeness (QED) is 0.387. The van der Waals surface area contributed by atoms with Crippen LogP contribution in [0, 0.1) is 0 Å². The number of phenolic OH excluding ortho intramolecular Hbond substituents is 1. The van der Waals surface area contributed by atoms with E-state index in [4.69, 9.17) is 23.7 Å². The molecule has 176 valence electrons. The highest BCUT2D eigenvalue weighted by molar-refractivity contribution is 5.87. The molecule has 0 heterocycles. The summed E-state index contributed by atoms with van der Waals surface area (Å²) in [6.45, 7) is -0.706. The molecular formula is C24H26O9. The number of aliphatic hydroxyl groups excluding tert-OH is 1. The maximum atomic E-state index is 11.8. The Morgan fingerprint density at radius 1 is 0.788 bits per heavy atom. The second-order valence-electron chi connectivity index (χ2n) is 6.63. The van der Waals surface area contributed by atoms with Crippen LogP contribution in [-0.2, 0) is 19.1 Å². The first-order chi connectivity index (χ1) is 15.9. The highest BCUT2D eigenvalue weighted by atomic mass is 16.6. The Morgan fingerprint density at radius 3 is 1.76 bits per heavy atom. The molecule has 9 heteroatoms. The van der Waals surface area contributed by atoms with Crippen LogP contribution >= 0.6 is 0 Å². The van der Waals surface area contributed by atoms with Gasteiger partial charge in [0.1, 0.15) is 19.3 Å². The zero-order chi connectivity index (χ0) is 24.2. The predicted octanol–water partition coefficient (Wildman–Crippen LogP) is 2.59. The van der Waals surface area contributed by atoms with E-state index in [1.54, 1.807) is 30.3 Å². The smallest absolute Gasteiger partial charge is 0.330 e. The van der Waals surface area contributed by atoms with Gasteiger partial charge in [0.15, 0.2) is 23.0 Å². The van der Waals surface area contributed by atoms with Gasteiger partial charge in [-0.1, -0.05) is 12.1 Å². The van der Waals surface area contributed by atoms with Gasteiger partial charge in [-0.25, -0.2) is 9.59 Å². The van der Waals surface area contributed by atoms with E-state index >= 15 is 0 Å². The van der Waals surface area contributed by atoms with Crippen molar-refractivity contribution in [1.82, 2.24) is 0 Å². The van der Waals surface area contributed by atoms with Crippen molar-refractivity contribution in [2.75, 3.05) is 34.5 Å². The fourth-order valence-corrected chi connectivity index (χ4v) is 2.60. The molecule has 0 aromatic heterocycles. The number of rotatable bonds is 11. The minimum Gasteiger partial charge on any atom is -0.504 e. The number of esters is 2. The largest absolute Gasteiger partial charge is 0.504 e. The van der Waals surface area contributed by atoms with E-state index in [2.05, 4.69) is 0 Å². The van der Waals surface area contributed by atoms with E-state index in [9.17, 15) is 19.8 Å². The Hall–Kier alpha value is -3.98. The first kappa shape index (κ1) is 25.3. The molecule has 0 aliphatic heterocycles. The minimum atomic E-state index is -1.19. The van der Waals surface area contributed by atoms with E-state index in [0.717, 1.165) is 6.08 Å². The van der Waals surface area contributed by atoms with Gasteiger partial charge < -0.3 is 33.9 Å². The molecule has 33 heavy (non-hydrogen) atoms. The lowest BCUT2D eigenvalue weighted by atomic mass is 10.2. The average molecular weight is 458 g/mol. The van der Waals surface area contributed by atoms with Crippen molar-refractivity contribution in [2.45, 2.75) is 6.10 Å². The van der Waals surface area contributed by atoms with Crippen LogP contribution in [0.2, 0.25) is 0 Å². The monoisotopic (exact) mass is 458 g/mol. The maximum Gasteiger partial charge on any atom is 0.330 e. The van der Waals surface area contributed by atoms with Crippen LogP contribution < -0.4 is 14.2 Å². The molecule has 0 bridgehead atoms. The topological polar surface area (TPSA) is 121 Å². The molecule has 2 aromatic carbocycles. The lowest BCUT2D eigenvalue weighted by Gasteiger charge is -2.10. The molecule has 0 saturated heterocycles. The van der Waals surface area contributed by atoms with Gasteiger partial charge in [-0.15, -0.1) is 0 Å². The summed E-state index contributed by atoms with van der Waals surface area (Å²) < 4.78 is 25.1. The van der Waals surface area contributed by atoms with Gasteiger partial charge in [0.25, 0.3) is 0 Å². The summed E-state index contributed by atoms with van der Waals surface area (Å²) in [6.07, 6.45) is 4.12.